The Morgan fingerprint density at radius 2 is 1.48 bits per heavy atom. The number of hydrogen-bond donors (Lipinski definition) is 1. The van der Waals surface area contributed by atoms with Crippen molar-refractivity contribution < 1.29 is 22.4 Å². The minimum absolute atomic E-state index is 0.0146. The highest BCUT2D eigenvalue weighted by atomic mass is 32.2. The van der Waals surface area contributed by atoms with Crippen molar-refractivity contribution in [2.24, 2.45) is 5.92 Å². The number of benzene rings is 3. The lowest BCUT2D eigenvalue weighted by atomic mass is 10.1. The highest BCUT2D eigenvalue weighted by Gasteiger charge is 2.33. The zero-order valence-electron chi connectivity index (χ0n) is 23.5. The molecule has 3 aromatic carbocycles. The molecule has 2 amide bonds. The second-order valence-corrected chi connectivity index (χ2v) is 11.9. The van der Waals surface area contributed by atoms with Crippen LogP contribution in [0.3, 0.4) is 0 Å². The maximum Gasteiger partial charge on any atom is 0.264 e. The van der Waals surface area contributed by atoms with Crippen molar-refractivity contribution in [2.45, 2.75) is 58.0 Å². The number of nitrogens with zero attached hydrogens (tertiary/aromatic N) is 2. The molecule has 0 bridgehead atoms. The van der Waals surface area contributed by atoms with Crippen LogP contribution in [0.15, 0.2) is 83.8 Å². The number of sulfonamides is 1. The van der Waals surface area contributed by atoms with Crippen molar-refractivity contribution in [1.29, 1.82) is 0 Å². The quantitative estimate of drug-likeness (QED) is 0.309. The summed E-state index contributed by atoms with van der Waals surface area (Å²) in [5.74, 6) is -1.08. The number of halogens is 1. The number of carbonyl (C=O) groups excluding carboxylic acids is 2. The Hall–Kier alpha value is -3.72. The van der Waals surface area contributed by atoms with Crippen LogP contribution < -0.4 is 9.62 Å². The molecule has 214 valence electrons. The molecule has 0 aliphatic rings. The van der Waals surface area contributed by atoms with Gasteiger partial charge in [-0.05, 0) is 66.3 Å². The summed E-state index contributed by atoms with van der Waals surface area (Å²) in [6.07, 6.45) is 1.09. The second kappa shape index (κ2) is 14.1. The molecule has 0 radical (unpaired) electrons. The topological polar surface area (TPSA) is 86.8 Å². The number of aryl methyl sites for hydroxylation is 1. The van der Waals surface area contributed by atoms with Gasteiger partial charge in [-0.2, -0.15) is 0 Å². The van der Waals surface area contributed by atoms with Gasteiger partial charge in [0.2, 0.25) is 11.8 Å². The Bertz CT molecular complexity index is 1360. The van der Waals surface area contributed by atoms with Crippen LogP contribution in [0.2, 0.25) is 0 Å². The van der Waals surface area contributed by atoms with Crippen molar-refractivity contribution in [3.05, 3.63) is 95.8 Å². The molecule has 0 aromatic heterocycles. The molecule has 3 aromatic rings. The van der Waals surface area contributed by atoms with Gasteiger partial charge >= 0.3 is 0 Å². The summed E-state index contributed by atoms with van der Waals surface area (Å²) in [5, 5.41) is 2.89. The minimum Gasteiger partial charge on any atom is -0.354 e. The van der Waals surface area contributed by atoms with E-state index in [9.17, 15) is 22.4 Å². The van der Waals surface area contributed by atoms with E-state index in [2.05, 4.69) is 5.32 Å². The summed E-state index contributed by atoms with van der Waals surface area (Å²) in [6, 6.07) is 19.8. The third kappa shape index (κ3) is 7.91. The van der Waals surface area contributed by atoms with Gasteiger partial charge in [0, 0.05) is 13.1 Å². The molecular weight excluding hydrogens is 529 g/mol. The Labute approximate surface area is 237 Å². The Morgan fingerprint density at radius 1 is 0.875 bits per heavy atom. The highest BCUT2D eigenvalue weighted by molar-refractivity contribution is 7.92. The van der Waals surface area contributed by atoms with Crippen molar-refractivity contribution >= 4 is 27.5 Å². The van der Waals surface area contributed by atoms with Crippen molar-refractivity contribution in [2.75, 3.05) is 17.4 Å². The first kappa shape index (κ1) is 30.8. The molecule has 1 unspecified atom stereocenters. The minimum atomic E-state index is -4.12. The largest absolute Gasteiger partial charge is 0.354 e. The van der Waals surface area contributed by atoms with E-state index in [4.69, 9.17) is 0 Å². The first-order valence-corrected chi connectivity index (χ1v) is 15.0. The van der Waals surface area contributed by atoms with Crippen LogP contribution in [0.4, 0.5) is 10.1 Å². The van der Waals surface area contributed by atoms with Crippen molar-refractivity contribution in [3.63, 3.8) is 0 Å². The fraction of sp³-hybridized carbons (Fsp3) is 0.355. The molecule has 0 aliphatic heterocycles. The van der Waals surface area contributed by atoms with Crippen LogP contribution in [0.5, 0.6) is 0 Å². The number of nitrogens with one attached hydrogen (secondary N) is 1. The van der Waals surface area contributed by atoms with Gasteiger partial charge in [0.1, 0.15) is 18.4 Å². The Morgan fingerprint density at radius 3 is 2.02 bits per heavy atom. The molecule has 1 atom stereocenters. The highest BCUT2D eigenvalue weighted by Crippen LogP contribution is 2.25. The molecule has 1 N–H and O–H groups in total. The van der Waals surface area contributed by atoms with E-state index < -0.39 is 34.3 Å². The lowest BCUT2D eigenvalue weighted by Crippen LogP contribution is -2.52. The zero-order chi connectivity index (χ0) is 29.3. The Kier molecular flexibility index (Phi) is 10.8. The number of carbonyl (C=O) groups is 2. The van der Waals surface area contributed by atoms with Crippen LogP contribution in [-0.2, 0) is 32.6 Å². The SMILES string of the molecule is CCc1ccc(N(CC(=O)N(Cc2ccc(F)cc2)C(CC)C(=O)NCC(C)C)S(=O)(=O)c2ccccc2)cc1. The smallest absolute Gasteiger partial charge is 0.264 e. The average molecular weight is 568 g/mol. The van der Waals surface area contributed by atoms with Crippen LogP contribution in [0.25, 0.3) is 0 Å². The molecule has 0 heterocycles. The van der Waals surface area contributed by atoms with Gasteiger partial charge < -0.3 is 10.2 Å². The number of anilines is 1. The zero-order valence-corrected chi connectivity index (χ0v) is 24.3. The van der Waals surface area contributed by atoms with E-state index in [0.717, 1.165) is 16.3 Å². The third-order valence-corrected chi connectivity index (χ3v) is 8.37. The van der Waals surface area contributed by atoms with Crippen LogP contribution in [-0.4, -0.2) is 44.3 Å². The molecule has 0 saturated carbocycles. The predicted molar refractivity (Wildman–Crippen MR) is 156 cm³/mol. The van der Waals surface area contributed by atoms with Crippen molar-refractivity contribution in [1.82, 2.24) is 10.2 Å². The average Bonchev–Trinajstić information content (AvgIpc) is 2.96. The van der Waals surface area contributed by atoms with E-state index in [1.165, 1.54) is 29.2 Å². The molecule has 9 heteroatoms. The van der Waals surface area contributed by atoms with Crippen LogP contribution in [0, 0.1) is 11.7 Å². The summed E-state index contributed by atoms with van der Waals surface area (Å²) in [6.45, 7) is 7.68. The fourth-order valence-corrected chi connectivity index (χ4v) is 5.71. The summed E-state index contributed by atoms with van der Waals surface area (Å²) < 4.78 is 42.3. The van der Waals surface area contributed by atoms with Gasteiger partial charge in [-0.1, -0.05) is 70.2 Å². The predicted octanol–water partition coefficient (Wildman–Crippen LogP) is 5.16. The first-order valence-electron chi connectivity index (χ1n) is 13.5. The maximum absolute atomic E-state index is 14.0. The van der Waals surface area contributed by atoms with E-state index >= 15 is 0 Å². The summed E-state index contributed by atoms with van der Waals surface area (Å²) in [7, 11) is -4.12. The first-order chi connectivity index (χ1) is 19.1. The summed E-state index contributed by atoms with van der Waals surface area (Å²) >= 11 is 0. The molecule has 3 rings (SSSR count). The van der Waals surface area contributed by atoms with Gasteiger partial charge in [-0.15, -0.1) is 0 Å². The lowest BCUT2D eigenvalue weighted by Gasteiger charge is -2.33. The lowest BCUT2D eigenvalue weighted by molar-refractivity contribution is -0.140. The molecule has 40 heavy (non-hydrogen) atoms. The van der Waals surface area contributed by atoms with Gasteiger partial charge in [-0.3, -0.25) is 13.9 Å². The molecule has 0 spiro atoms. The van der Waals surface area contributed by atoms with Gasteiger partial charge in [0.15, 0.2) is 0 Å². The van der Waals surface area contributed by atoms with Gasteiger partial charge in [0.05, 0.1) is 10.6 Å². The molecule has 0 aliphatic carbocycles. The fourth-order valence-electron chi connectivity index (χ4n) is 4.27. The standard InChI is InChI=1S/C31H38FN3O4S/c1-5-24-14-18-27(19-15-24)35(40(38,39)28-10-8-7-9-11-28)22-30(36)34(21-25-12-16-26(32)17-13-25)29(6-2)31(37)33-20-23(3)4/h7-19,23,29H,5-6,20-22H2,1-4H3,(H,33,37). The molecule has 7 nitrogen and oxygen atoms in total. The van der Waals surface area contributed by atoms with Crippen molar-refractivity contribution in [3.8, 4) is 0 Å². The molecule has 0 fully saturated rings. The normalized spacial score (nSPS) is 12.2. The number of amides is 2. The summed E-state index contributed by atoms with van der Waals surface area (Å²) in [4.78, 5) is 28.7. The van der Waals surface area contributed by atoms with E-state index in [0.29, 0.717) is 24.2 Å². The van der Waals surface area contributed by atoms with Gasteiger partial charge in [0.25, 0.3) is 10.0 Å². The molecular formula is C31H38FN3O4S. The van der Waals surface area contributed by atoms with E-state index in [1.807, 2.05) is 32.9 Å². The maximum atomic E-state index is 14.0. The van der Waals surface area contributed by atoms with Crippen LogP contribution >= 0.6 is 0 Å². The number of hydrogen-bond acceptors (Lipinski definition) is 4. The van der Waals surface area contributed by atoms with Gasteiger partial charge in [-0.25, -0.2) is 12.8 Å². The summed E-state index contributed by atoms with van der Waals surface area (Å²) in [5.41, 5.74) is 1.99. The Balaban J connectivity index is 2.03. The molecule has 0 saturated heterocycles. The third-order valence-electron chi connectivity index (χ3n) is 6.58. The van der Waals surface area contributed by atoms with E-state index in [1.54, 1.807) is 49.4 Å². The monoisotopic (exact) mass is 567 g/mol. The second-order valence-electron chi connectivity index (χ2n) is 10.1. The van der Waals surface area contributed by atoms with Crippen LogP contribution in [0.1, 0.15) is 45.2 Å². The van der Waals surface area contributed by atoms with E-state index in [-0.39, 0.29) is 23.3 Å². The number of rotatable bonds is 13.